The summed E-state index contributed by atoms with van der Waals surface area (Å²) in [5.74, 6) is 0.272. The first-order chi connectivity index (χ1) is 7.24. The van der Waals surface area contributed by atoms with Gasteiger partial charge in [-0.1, -0.05) is 0 Å². The Kier molecular flexibility index (Phi) is 10.7. The zero-order chi connectivity index (χ0) is 11.5. The Morgan fingerprint density at radius 2 is 1.87 bits per heavy atom. The van der Waals surface area contributed by atoms with Crippen LogP contribution in [0.25, 0.3) is 0 Å². The Morgan fingerprint density at radius 3 is 2.40 bits per heavy atom. The molecule has 0 bridgehead atoms. The number of hydrogen-bond donors (Lipinski definition) is 1. The molecule has 0 fully saturated rings. The number of alkyl halides is 1. The Labute approximate surface area is 97.1 Å². The largest absolute Gasteiger partial charge is 0.391 e. The average molecular weight is 240 g/mol. The van der Waals surface area contributed by atoms with Gasteiger partial charge in [0.1, 0.15) is 0 Å². The first-order valence-corrected chi connectivity index (χ1v) is 5.72. The van der Waals surface area contributed by atoms with Gasteiger partial charge >= 0.3 is 0 Å². The van der Waals surface area contributed by atoms with E-state index >= 15 is 0 Å². The highest BCUT2D eigenvalue weighted by Crippen LogP contribution is 1.97. The lowest BCUT2D eigenvalue weighted by Gasteiger charge is -2.23. The van der Waals surface area contributed by atoms with Crippen LogP contribution in [0.4, 0.5) is 0 Å². The van der Waals surface area contributed by atoms with Crippen molar-refractivity contribution in [3.05, 3.63) is 0 Å². The molecule has 5 heteroatoms. The summed E-state index contributed by atoms with van der Waals surface area (Å²) >= 11 is 5.56. The third-order valence-electron chi connectivity index (χ3n) is 2.08. The van der Waals surface area contributed by atoms with Crippen molar-refractivity contribution in [2.75, 3.05) is 52.9 Å². The summed E-state index contributed by atoms with van der Waals surface area (Å²) in [6.45, 7) is 3.71. The van der Waals surface area contributed by atoms with Gasteiger partial charge in [0.05, 0.1) is 12.7 Å². The molecule has 0 radical (unpaired) electrons. The van der Waals surface area contributed by atoms with Gasteiger partial charge in [-0.15, -0.1) is 11.6 Å². The van der Waals surface area contributed by atoms with Crippen molar-refractivity contribution < 1.29 is 14.6 Å². The van der Waals surface area contributed by atoms with Crippen LogP contribution in [0, 0.1) is 0 Å². The van der Waals surface area contributed by atoms with E-state index in [1.807, 2.05) is 0 Å². The molecule has 0 spiro atoms. The van der Waals surface area contributed by atoms with Gasteiger partial charge in [0, 0.05) is 46.3 Å². The number of aliphatic hydroxyl groups is 1. The van der Waals surface area contributed by atoms with Gasteiger partial charge in [0.2, 0.25) is 0 Å². The highest BCUT2D eigenvalue weighted by molar-refractivity contribution is 6.18. The summed E-state index contributed by atoms with van der Waals surface area (Å²) in [7, 11) is 3.36. The lowest BCUT2D eigenvalue weighted by atomic mass is 10.3. The molecule has 0 saturated carbocycles. The molecule has 0 aliphatic heterocycles. The molecule has 0 aromatic heterocycles. The number of halogens is 1. The van der Waals surface area contributed by atoms with E-state index in [0.717, 1.165) is 26.1 Å². The van der Waals surface area contributed by atoms with Crippen molar-refractivity contribution in [2.24, 2.45) is 0 Å². The Morgan fingerprint density at radius 1 is 1.20 bits per heavy atom. The second kappa shape index (κ2) is 10.6. The Hall–Kier alpha value is 0.130. The molecule has 92 valence electrons. The Balaban J connectivity index is 3.72. The van der Waals surface area contributed by atoms with Gasteiger partial charge in [-0.25, -0.2) is 0 Å². The minimum atomic E-state index is -0.467. The number of ether oxygens (including phenoxy) is 2. The minimum absolute atomic E-state index is 0.272. The molecule has 0 aliphatic carbocycles. The van der Waals surface area contributed by atoms with E-state index in [1.165, 1.54) is 0 Å². The van der Waals surface area contributed by atoms with Crippen LogP contribution in [0.5, 0.6) is 0 Å². The fourth-order valence-electron chi connectivity index (χ4n) is 1.29. The molecule has 0 rings (SSSR count). The molecule has 0 heterocycles. The van der Waals surface area contributed by atoms with E-state index in [-0.39, 0.29) is 5.88 Å². The molecular weight excluding hydrogens is 218 g/mol. The topological polar surface area (TPSA) is 41.9 Å². The summed E-state index contributed by atoms with van der Waals surface area (Å²) in [5.41, 5.74) is 0. The van der Waals surface area contributed by atoms with Crippen molar-refractivity contribution in [3.8, 4) is 0 Å². The second-order valence-electron chi connectivity index (χ2n) is 3.45. The van der Waals surface area contributed by atoms with Crippen LogP contribution in [0.3, 0.4) is 0 Å². The van der Waals surface area contributed by atoms with Gasteiger partial charge in [0.15, 0.2) is 0 Å². The maximum atomic E-state index is 9.44. The molecule has 0 aliphatic rings. The maximum Gasteiger partial charge on any atom is 0.0802 e. The van der Waals surface area contributed by atoms with Crippen molar-refractivity contribution >= 4 is 11.6 Å². The van der Waals surface area contributed by atoms with Crippen molar-refractivity contribution in [1.29, 1.82) is 0 Å². The van der Waals surface area contributed by atoms with E-state index in [2.05, 4.69) is 4.90 Å². The lowest BCUT2D eigenvalue weighted by molar-refractivity contribution is 0.0912. The molecule has 0 saturated heterocycles. The number of nitrogens with zero attached hydrogens (tertiary/aromatic N) is 1. The zero-order valence-electron chi connectivity index (χ0n) is 9.62. The van der Waals surface area contributed by atoms with Gasteiger partial charge in [-0.2, -0.15) is 0 Å². The fourth-order valence-corrected chi connectivity index (χ4v) is 1.39. The molecule has 1 unspecified atom stereocenters. The highest BCUT2D eigenvalue weighted by atomic mass is 35.5. The van der Waals surface area contributed by atoms with Crippen LogP contribution in [-0.4, -0.2) is 69.1 Å². The van der Waals surface area contributed by atoms with Gasteiger partial charge < -0.3 is 14.6 Å². The van der Waals surface area contributed by atoms with Crippen molar-refractivity contribution in [2.45, 2.75) is 12.5 Å². The van der Waals surface area contributed by atoms with Gasteiger partial charge in [0.25, 0.3) is 0 Å². The van der Waals surface area contributed by atoms with E-state index in [9.17, 15) is 5.11 Å². The first kappa shape index (κ1) is 15.1. The third kappa shape index (κ3) is 9.08. The molecular formula is C10H22ClNO3. The molecule has 0 aromatic carbocycles. The minimum Gasteiger partial charge on any atom is -0.391 e. The quantitative estimate of drug-likeness (QED) is 0.447. The van der Waals surface area contributed by atoms with Crippen molar-refractivity contribution in [1.82, 2.24) is 4.90 Å². The summed E-state index contributed by atoms with van der Waals surface area (Å²) in [6, 6.07) is 0. The van der Waals surface area contributed by atoms with Crippen LogP contribution < -0.4 is 0 Å². The monoisotopic (exact) mass is 239 g/mol. The van der Waals surface area contributed by atoms with Gasteiger partial charge in [-0.05, 0) is 6.42 Å². The molecule has 1 atom stereocenters. The predicted molar refractivity (Wildman–Crippen MR) is 61.5 cm³/mol. The predicted octanol–water partition coefficient (Wildman–Crippen LogP) is 0.571. The second-order valence-corrected chi connectivity index (χ2v) is 3.76. The van der Waals surface area contributed by atoms with Crippen LogP contribution in [0.2, 0.25) is 0 Å². The lowest BCUT2D eigenvalue weighted by Crippen LogP contribution is -2.36. The van der Waals surface area contributed by atoms with Crippen molar-refractivity contribution in [3.63, 3.8) is 0 Å². The Bertz CT molecular complexity index is 138. The van der Waals surface area contributed by atoms with Crippen LogP contribution in [0.15, 0.2) is 0 Å². The van der Waals surface area contributed by atoms with Crippen LogP contribution >= 0.6 is 11.6 Å². The van der Waals surface area contributed by atoms with E-state index in [4.69, 9.17) is 21.1 Å². The smallest absolute Gasteiger partial charge is 0.0802 e. The normalized spacial score (nSPS) is 13.4. The summed E-state index contributed by atoms with van der Waals surface area (Å²) in [5, 5.41) is 9.44. The average Bonchev–Trinajstić information content (AvgIpc) is 2.25. The molecule has 0 amide bonds. The maximum absolute atomic E-state index is 9.44. The van der Waals surface area contributed by atoms with E-state index < -0.39 is 6.10 Å². The van der Waals surface area contributed by atoms with E-state index in [1.54, 1.807) is 14.2 Å². The number of aliphatic hydroxyl groups excluding tert-OH is 1. The SMILES string of the molecule is COCCCN(CCOC)CC(O)CCl. The highest BCUT2D eigenvalue weighted by Gasteiger charge is 2.10. The van der Waals surface area contributed by atoms with Crippen LogP contribution in [0.1, 0.15) is 6.42 Å². The molecule has 15 heavy (non-hydrogen) atoms. The molecule has 4 nitrogen and oxygen atoms in total. The number of methoxy groups -OCH3 is 2. The van der Waals surface area contributed by atoms with Gasteiger partial charge in [-0.3, -0.25) is 4.90 Å². The molecule has 0 aromatic rings. The van der Waals surface area contributed by atoms with Crippen LogP contribution in [-0.2, 0) is 9.47 Å². The van der Waals surface area contributed by atoms with E-state index in [0.29, 0.717) is 13.2 Å². The first-order valence-electron chi connectivity index (χ1n) is 5.18. The molecule has 1 N–H and O–H groups in total. The number of rotatable bonds is 10. The summed E-state index contributed by atoms with van der Waals surface area (Å²) < 4.78 is 9.99. The standard InChI is InChI=1S/C10H22ClNO3/c1-14-6-3-4-12(5-7-15-2)9-10(13)8-11/h10,13H,3-9H2,1-2H3. The summed E-state index contributed by atoms with van der Waals surface area (Å²) in [6.07, 6.45) is 0.487. The number of hydrogen-bond acceptors (Lipinski definition) is 4. The fraction of sp³-hybridized carbons (Fsp3) is 1.00. The third-order valence-corrected chi connectivity index (χ3v) is 2.44. The zero-order valence-corrected chi connectivity index (χ0v) is 10.4. The summed E-state index contributed by atoms with van der Waals surface area (Å²) in [4.78, 5) is 2.13.